The predicted octanol–water partition coefficient (Wildman–Crippen LogP) is 6.04. The van der Waals surface area contributed by atoms with Crippen molar-refractivity contribution < 1.29 is 19.4 Å². The van der Waals surface area contributed by atoms with Gasteiger partial charge in [0, 0.05) is 16.9 Å². The Hall–Kier alpha value is -2.86. The number of aryl methyl sites for hydroxylation is 3. The van der Waals surface area contributed by atoms with Gasteiger partial charge >= 0.3 is 5.97 Å². The lowest BCUT2D eigenvalue weighted by atomic mass is 9.98. The highest BCUT2D eigenvalue weighted by Gasteiger charge is 2.24. The summed E-state index contributed by atoms with van der Waals surface area (Å²) in [5.74, 6) is 1.11. The molecule has 2 aliphatic carbocycles. The number of rotatable bonds is 9. The summed E-state index contributed by atoms with van der Waals surface area (Å²) in [6.45, 7) is 1.17. The van der Waals surface area contributed by atoms with Crippen LogP contribution in [0.3, 0.4) is 0 Å². The minimum absolute atomic E-state index is 0.130. The molecule has 0 aliphatic heterocycles. The van der Waals surface area contributed by atoms with E-state index in [1.54, 1.807) is 0 Å². The third-order valence-corrected chi connectivity index (χ3v) is 7.70. The van der Waals surface area contributed by atoms with E-state index < -0.39 is 5.97 Å². The van der Waals surface area contributed by atoms with Crippen molar-refractivity contribution in [3.8, 4) is 22.1 Å². The maximum atomic E-state index is 11.0. The highest BCUT2D eigenvalue weighted by molar-refractivity contribution is 7.15. The van der Waals surface area contributed by atoms with E-state index in [0.29, 0.717) is 13.2 Å². The summed E-state index contributed by atoms with van der Waals surface area (Å²) in [6.07, 6.45) is 7.61. The molecule has 3 aromatic rings. The summed E-state index contributed by atoms with van der Waals surface area (Å²) >= 11 is 1.82. The van der Waals surface area contributed by atoms with Crippen LogP contribution in [0.5, 0.6) is 11.5 Å². The number of nitrogens with zero attached hydrogens (tertiary/aromatic N) is 1. The van der Waals surface area contributed by atoms with Gasteiger partial charge in [-0.2, -0.15) is 0 Å². The van der Waals surface area contributed by atoms with Crippen molar-refractivity contribution in [2.45, 2.75) is 57.3 Å². The molecule has 5 rings (SSSR count). The van der Waals surface area contributed by atoms with Crippen LogP contribution in [0, 0.1) is 0 Å². The zero-order chi connectivity index (χ0) is 22.6. The van der Waals surface area contributed by atoms with E-state index in [-0.39, 0.29) is 12.3 Å². The van der Waals surface area contributed by atoms with Gasteiger partial charge in [-0.25, -0.2) is 4.98 Å². The second-order valence-electron chi connectivity index (χ2n) is 8.87. The molecule has 0 radical (unpaired) electrons. The highest BCUT2D eigenvalue weighted by Crippen LogP contribution is 2.37. The fraction of sp³-hybridized carbons (Fsp3) is 0.407. The maximum Gasteiger partial charge on any atom is 0.303 e. The number of carboxylic acids is 1. The van der Waals surface area contributed by atoms with Gasteiger partial charge in [-0.1, -0.05) is 18.2 Å². The summed E-state index contributed by atoms with van der Waals surface area (Å²) in [6, 6.07) is 14.3. The summed E-state index contributed by atoms with van der Waals surface area (Å²) in [5.41, 5.74) is 4.79. The van der Waals surface area contributed by atoms with Gasteiger partial charge in [0.25, 0.3) is 0 Å². The SMILES string of the molecule is O=C(O)C[C@@H]1CCc2cc(OCCCOc3cccc(-c4nc5c(s4)CCCC5)c3)ccc21. The van der Waals surface area contributed by atoms with E-state index in [0.717, 1.165) is 59.7 Å². The zero-order valence-electron chi connectivity index (χ0n) is 18.7. The first-order valence-electron chi connectivity index (χ1n) is 11.8. The number of carbonyl (C=O) groups is 1. The largest absolute Gasteiger partial charge is 0.493 e. The fourth-order valence-electron chi connectivity index (χ4n) is 4.83. The average molecular weight is 464 g/mol. The van der Waals surface area contributed by atoms with Gasteiger partial charge in [-0.05, 0) is 79.8 Å². The molecule has 2 aliphatic rings. The van der Waals surface area contributed by atoms with Gasteiger partial charge in [0.05, 0.1) is 25.3 Å². The first kappa shape index (κ1) is 22.0. The normalized spacial score (nSPS) is 16.8. The van der Waals surface area contributed by atoms with Crippen molar-refractivity contribution in [2.75, 3.05) is 13.2 Å². The Balaban J connectivity index is 1.10. The quantitative estimate of drug-likeness (QED) is 0.392. The van der Waals surface area contributed by atoms with Crippen LogP contribution in [0.15, 0.2) is 42.5 Å². The summed E-state index contributed by atoms with van der Waals surface area (Å²) in [5, 5.41) is 10.2. The average Bonchev–Trinajstić information content (AvgIpc) is 3.43. The van der Waals surface area contributed by atoms with Gasteiger partial charge in [0.2, 0.25) is 0 Å². The molecule has 1 N–H and O–H groups in total. The molecule has 33 heavy (non-hydrogen) atoms. The minimum atomic E-state index is -0.732. The first-order chi connectivity index (χ1) is 16.2. The Labute approximate surface area is 198 Å². The second kappa shape index (κ2) is 9.96. The standard InChI is InChI=1S/C27H29NO4S/c29-26(30)17-19-10-9-18-15-22(11-12-23(18)19)32-14-4-13-31-21-6-3-5-20(16-21)27-28-24-7-1-2-8-25(24)33-27/h3,5-6,11-12,15-16,19H,1-2,4,7-10,13-14,17H2,(H,29,30)/t19-/m0/s1. The monoisotopic (exact) mass is 463 g/mol. The number of ether oxygens (including phenoxy) is 2. The molecule has 2 aromatic carbocycles. The number of hydrogen-bond donors (Lipinski definition) is 1. The lowest BCUT2D eigenvalue weighted by molar-refractivity contribution is -0.137. The Morgan fingerprint density at radius 3 is 2.67 bits per heavy atom. The lowest BCUT2D eigenvalue weighted by Gasteiger charge is -2.11. The molecular weight excluding hydrogens is 434 g/mol. The Kier molecular flexibility index (Phi) is 6.63. The molecule has 1 heterocycles. The van der Waals surface area contributed by atoms with Crippen LogP contribution in [-0.4, -0.2) is 29.3 Å². The summed E-state index contributed by atoms with van der Waals surface area (Å²) < 4.78 is 11.9. The van der Waals surface area contributed by atoms with E-state index >= 15 is 0 Å². The highest BCUT2D eigenvalue weighted by atomic mass is 32.1. The molecule has 0 saturated heterocycles. The molecule has 172 valence electrons. The Bertz CT molecular complexity index is 1120. The fourth-order valence-corrected chi connectivity index (χ4v) is 5.97. The van der Waals surface area contributed by atoms with Crippen LogP contribution in [0.1, 0.15) is 59.7 Å². The zero-order valence-corrected chi connectivity index (χ0v) is 19.5. The Morgan fingerprint density at radius 1 is 1.03 bits per heavy atom. The summed E-state index contributed by atoms with van der Waals surface area (Å²) in [7, 11) is 0. The molecule has 0 unspecified atom stereocenters. The molecule has 0 fully saturated rings. The van der Waals surface area contributed by atoms with Crippen molar-refractivity contribution in [3.05, 3.63) is 64.2 Å². The van der Waals surface area contributed by atoms with E-state index in [1.165, 1.54) is 29.0 Å². The van der Waals surface area contributed by atoms with E-state index in [2.05, 4.69) is 18.2 Å². The predicted molar refractivity (Wildman–Crippen MR) is 130 cm³/mol. The van der Waals surface area contributed by atoms with Crippen LogP contribution < -0.4 is 9.47 Å². The second-order valence-corrected chi connectivity index (χ2v) is 9.95. The van der Waals surface area contributed by atoms with Gasteiger partial charge in [-0.3, -0.25) is 4.79 Å². The van der Waals surface area contributed by atoms with Crippen molar-refractivity contribution in [3.63, 3.8) is 0 Å². The van der Waals surface area contributed by atoms with E-state index in [4.69, 9.17) is 19.6 Å². The number of benzene rings is 2. The van der Waals surface area contributed by atoms with Crippen molar-refractivity contribution in [1.29, 1.82) is 0 Å². The van der Waals surface area contributed by atoms with Crippen LogP contribution in [0.4, 0.5) is 0 Å². The number of aliphatic carboxylic acids is 1. The van der Waals surface area contributed by atoms with Gasteiger partial charge in [-0.15, -0.1) is 11.3 Å². The van der Waals surface area contributed by atoms with Crippen molar-refractivity contribution >= 4 is 17.3 Å². The minimum Gasteiger partial charge on any atom is -0.493 e. The first-order valence-corrected chi connectivity index (χ1v) is 12.7. The van der Waals surface area contributed by atoms with E-state index in [1.807, 2.05) is 35.6 Å². The summed E-state index contributed by atoms with van der Waals surface area (Å²) in [4.78, 5) is 17.3. The smallest absolute Gasteiger partial charge is 0.303 e. The van der Waals surface area contributed by atoms with E-state index in [9.17, 15) is 4.79 Å². The number of hydrogen-bond acceptors (Lipinski definition) is 5. The van der Waals surface area contributed by atoms with Gasteiger partial charge < -0.3 is 14.6 Å². The van der Waals surface area contributed by atoms with Crippen LogP contribution in [0.2, 0.25) is 0 Å². The van der Waals surface area contributed by atoms with Crippen molar-refractivity contribution in [2.24, 2.45) is 0 Å². The Morgan fingerprint density at radius 2 is 1.85 bits per heavy atom. The van der Waals surface area contributed by atoms with Crippen LogP contribution in [0.25, 0.3) is 10.6 Å². The molecule has 5 nitrogen and oxygen atoms in total. The molecule has 0 bridgehead atoms. The molecule has 0 saturated carbocycles. The van der Waals surface area contributed by atoms with Crippen LogP contribution in [-0.2, 0) is 24.1 Å². The van der Waals surface area contributed by atoms with Crippen molar-refractivity contribution in [1.82, 2.24) is 4.98 Å². The molecular formula is C27H29NO4S. The third kappa shape index (κ3) is 5.22. The number of aromatic nitrogens is 1. The third-order valence-electron chi connectivity index (χ3n) is 6.49. The lowest BCUT2D eigenvalue weighted by Crippen LogP contribution is -2.05. The molecule has 6 heteroatoms. The molecule has 0 amide bonds. The number of thiazole rings is 1. The maximum absolute atomic E-state index is 11.0. The number of carboxylic acid groups (broad SMARTS) is 1. The topological polar surface area (TPSA) is 68.7 Å². The molecule has 1 atom stereocenters. The van der Waals surface area contributed by atoms with Crippen LogP contribution >= 0.6 is 11.3 Å². The van der Waals surface area contributed by atoms with Gasteiger partial charge in [0.1, 0.15) is 16.5 Å². The molecule has 0 spiro atoms. The number of fused-ring (bicyclic) bond motifs is 2. The molecule has 1 aromatic heterocycles. The van der Waals surface area contributed by atoms with Gasteiger partial charge in [0.15, 0.2) is 0 Å².